The quantitative estimate of drug-likeness (QED) is 0.0165. The standard InChI is InChI=1S/C41H52N7O5.C29H31N7O.C6H11IO2.2HI/c1-29-11-16-33(24-35(29)45-39-42-18-17-34(44-39)32-10-9-19-47(26-32)27-52-37(50)40(2,3)4)43-36(49)31-14-12-30(13-15-31)25-46-20-22-48(8,23-21-46)28-53-38(51)41(5,6)7;1-21-5-10-25(18-27(21)34-29-31-13-11-26(33-29)24-4-3-12-30-19-24)32-28(37)23-8-6-22(7-9-23)20-36-16-14-35(2)15-17-36;1-6(2,3)5(8)9-4-7;;/h9-19,24,26H,20-23,25,27-28H2,1-8H3,(H-,42,43,44,45,49);3-13,18-19H,14-17,20H2,1-2H3,(H,32,37)(H,31,33,34);4H2,1-3H3;2*1H/q+1;;;;/p-1. The van der Waals surface area contributed by atoms with Crippen LogP contribution in [0.25, 0.3) is 22.5 Å². The summed E-state index contributed by atoms with van der Waals surface area (Å²) >= 11 is 2.00. The van der Waals surface area contributed by atoms with E-state index in [1.165, 1.54) is 5.56 Å². The number of amides is 2. The third kappa shape index (κ3) is 26.0. The average molecular weight is 1710 g/mol. The van der Waals surface area contributed by atoms with Gasteiger partial charge in [0.05, 0.1) is 53.3 Å². The van der Waals surface area contributed by atoms with Gasteiger partial charge >= 0.3 is 17.9 Å². The monoisotopic (exact) mass is 1710 g/mol. The number of esters is 3. The van der Waals surface area contributed by atoms with Crippen LogP contribution in [-0.4, -0.2) is 152 Å². The van der Waals surface area contributed by atoms with E-state index >= 15 is 0 Å². The second kappa shape index (κ2) is 38.0. The predicted molar refractivity (Wildman–Crippen MR) is 395 cm³/mol. The number of alkyl halides is 1. The molecule has 2 aliphatic heterocycles. The molecule has 2 fully saturated rings. The fraction of sp³-hybridized carbons (Fsp3) is 0.382. The number of carbonyl (C=O) groups excluding carboxylic acids is 5. The van der Waals surface area contributed by atoms with Crippen LogP contribution in [0.3, 0.4) is 0 Å². The van der Waals surface area contributed by atoms with Gasteiger partial charge in [0.2, 0.25) is 18.6 Å². The van der Waals surface area contributed by atoms with Crippen LogP contribution in [0.2, 0.25) is 0 Å². The van der Waals surface area contributed by atoms with Crippen LogP contribution < -0.4 is 73.8 Å². The summed E-state index contributed by atoms with van der Waals surface area (Å²) in [6.07, 6.45) is 10.6. The van der Waals surface area contributed by atoms with Gasteiger partial charge in [-0.15, -0.1) is 0 Å². The van der Waals surface area contributed by atoms with Gasteiger partial charge in [0.1, 0.15) is 4.61 Å². The molecule has 2 amide bonds. The number of carbonyl (C=O) groups is 5. The van der Waals surface area contributed by atoms with Gasteiger partial charge in [-0.3, -0.25) is 43.2 Å². The molecule has 4 aromatic heterocycles. The number of aromatic nitrogens is 6. The van der Waals surface area contributed by atoms with Gasteiger partial charge in [-0.2, -0.15) is 4.57 Å². The van der Waals surface area contributed by atoms with Crippen molar-refractivity contribution in [2.24, 2.45) is 16.2 Å². The minimum atomic E-state index is -0.582. The summed E-state index contributed by atoms with van der Waals surface area (Å²) in [6.45, 7) is 30.7. The Hall–Kier alpha value is -7.68. The number of hydrogen-bond donors (Lipinski definition) is 4. The lowest BCUT2D eigenvalue weighted by molar-refractivity contribution is -0.929. The number of pyridine rings is 2. The number of nitrogens with zero attached hydrogens (tertiary/aromatic N) is 10. The smallest absolute Gasteiger partial charge is 0.316 e. The molecule has 0 aliphatic carbocycles. The summed E-state index contributed by atoms with van der Waals surface area (Å²) in [5.74, 6) is -0.0535. The van der Waals surface area contributed by atoms with Gasteiger partial charge < -0.3 is 88.3 Å². The molecule has 0 atom stereocenters. The van der Waals surface area contributed by atoms with E-state index in [9.17, 15) is 24.0 Å². The predicted octanol–water partition coefficient (Wildman–Crippen LogP) is 6.66. The van der Waals surface area contributed by atoms with Gasteiger partial charge in [0.25, 0.3) is 18.5 Å². The summed E-state index contributed by atoms with van der Waals surface area (Å²) in [6, 6.07) is 38.3. The van der Waals surface area contributed by atoms with Crippen molar-refractivity contribution in [1.29, 1.82) is 0 Å². The molecule has 8 aromatic rings. The molecular formula is C76H95I3N14O8. The number of quaternary nitrogens is 1. The van der Waals surface area contributed by atoms with E-state index in [1.54, 1.807) is 29.4 Å². The number of piperazine rings is 2. The van der Waals surface area contributed by atoms with Crippen molar-refractivity contribution >= 4 is 87.0 Å². The molecule has 0 spiro atoms. The van der Waals surface area contributed by atoms with Crippen molar-refractivity contribution in [3.63, 3.8) is 0 Å². The van der Waals surface area contributed by atoms with Crippen LogP contribution in [0.15, 0.2) is 159 Å². The maximum absolute atomic E-state index is 13.2. The number of rotatable bonds is 19. The topological polar surface area (TPSA) is 239 Å². The molecule has 0 saturated carbocycles. The van der Waals surface area contributed by atoms with Crippen molar-refractivity contribution in [1.82, 2.24) is 39.6 Å². The van der Waals surface area contributed by atoms with Crippen LogP contribution >= 0.6 is 22.6 Å². The first-order chi connectivity index (χ1) is 47.0. The van der Waals surface area contributed by atoms with E-state index in [1.807, 2.05) is 232 Å². The number of likely N-dealkylation sites (N-methyl/N-ethyl adjacent to an activating group) is 2. The third-order valence-corrected chi connectivity index (χ3v) is 16.8. The Bertz CT molecular complexity index is 4040. The number of hydrogen-bond acceptors (Lipinski definition) is 18. The van der Waals surface area contributed by atoms with Crippen LogP contribution in [-0.2, 0) is 48.4 Å². The van der Waals surface area contributed by atoms with Gasteiger partial charge in [-0.05, 0) is 207 Å². The molecule has 4 aromatic carbocycles. The second-order valence-corrected chi connectivity index (χ2v) is 28.9. The fourth-order valence-corrected chi connectivity index (χ4v) is 10.4. The minimum Gasteiger partial charge on any atom is -1.00 e. The van der Waals surface area contributed by atoms with E-state index in [0.29, 0.717) is 55.9 Å². The Labute approximate surface area is 642 Å². The highest BCUT2D eigenvalue weighted by Crippen LogP contribution is 2.28. The lowest BCUT2D eigenvalue weighted by Gasteiger charge is -2.41. The molecule has 25 heteroatoms. The van der Waals surface area contributed by atoms with Crippen LogP contribution in [0.1, 0.15) is 105 Å². The van der Waals surface area contributed by atoms with Crippen molar-refractivity contribution < 1.29 is 95.2 Å². The highest BCUT2D eigenvalue weighted by atomic mass is 127. The number of ether oxygens (including phenoxy) is 3. The Balaban J connectivity index is 0.000000290. The molecule has 6 heterocycles. The van der Waals surface area contributed by atoms with Crippen molar-refractivity contribution in [2.45, 2.75) is 96.0 Å². The lowest BCUT2D eigenvalue weighted by atomic mass is 9.97. The first-order valence-corrected chi connectivity index (χ1v) is 34.7. The molecule has 10 rings (SSSR count). The Kier molecular flexibility index (Phi) is 31.0. The molecule has 101 heavy (non-hydrogen) atoms. The number of nitrogens with one attached hydrogen (secondary N) is 4. The average Bonchev–Trinajstić information content (AvgIpc) is 0.840. The molecule has 0 bridgehead atoms. The normalized spacial score (nSPS) is 13.9. The Morgan fingerprint density at radius 3 is 1.47 bits per heavy atom. The van der Waals surface area contributed by atoms with Crippen molar-refractivity contribution in [3.05, 3.63) is 192 Å². The second-order valence-electron chi connectivity index (χ2n) is 28.3. The van der Waals surface area contributed by atoms with Crippen LogP contribution in [0.5, 0.6) is 0 Å². The van der Waals surface area contributed by atoms with E-state index in [0.717, 1.165) is 110 Å². The summed E-state index contributed by atoms with van der Waals surface area (Å²) < 4.78 is 18.8. The molecule has 2 saturated heterocycles. The number of aryl methyl sites for hydroxylation is 2. The van der Waals surface area contributed by atoms with Crippen molar-refractivity contribution in [2.75, 3.05) is 99.1 Å². The van der Waals surface area contributed by atoms with E-state index in [2.05, 4.69) is 70.0 Å². The largest absolute Gasteiger partial charge is 1.00 e. The van der Waals surface area contributed by atoms with Gasteiger partial charge in [-0.1, -0.05) is 36.4 Å². The Morgan fingerprint density at radius 1 is 0.554 bits per heavy atom. The maximum Gasteiger partial charge on any atom is 0.316 e. The third-order valence-electron chi connectivity index (χ3n) is 16.5. The summed E-state index contributed by atoms with van der Waals surface area (Å²) in [5, 5.41) is 12.6. The molecule has 2 aliphatic rings. The van der Waals surface area contributed by atoms with E-state index in [4.69, 9.17) is 19.2 Å². The van der Waals surface area contributed by atoms with Gasteiger partial charge in [0.15, 0.2) is 12.4 Å². The first kappa shape index (κ1) is 82.3. The summed E-state index contributed by atoms with van der Waals surface area (Å²) in [7, 11) is 4.30. The van der Waals surface area contributed by atoms with Gasteiger partial charge in [0, 0.05) is 123 Å². The maximum atomic E-state index is 13.2. The number of benzene rings is 4. The van der Waals surface area contributed by atoms with Crippen LogP contribution in [0, 0.1) is 30.1 Å². The molecule has 0 radical (unpaired) electrons. The molecular weight excluding hydrogens is 1620 g/mol. The number of anilines is 6. The lowest BCUT2D eigenvalue weighted by Crippen LogP contribution is -3.00. The highest BCUT2D eigenvalue weighted by Gasteiger charge is 2.33. The zero-order valence-electron chi connectivity index (χ0n) is 60.1. The summed E-state index contributed by atoms with van der Waals surface area (Å²) in [5.41, 5.74) is 10.2. The Morgan fingerprint density at radius 2 is 1.01 bits per heavy atom. The van der Waals surface area contributed by atoms with Gasteiger partial charge in [-0.25, -0.2) is 19.9 Å². The first-order valence-electron chi connectivity index (χ1n) is 33.2. The highest BCUT2D eigenvalue weighted by molar-refractivity contribution is 14.1. The van der Waals surface area contributed by atoms with E-state index < -0.39 is 10.8 Å². The zero-order valence-corrected chi connectivity index (χ0v) is 66.5. The van der Waals surface area contributed by atoms with E-state index in [-0.39, 0.29) is 89.8 Å². The fourth-order valence-electron chi connectivity index (χ4n) is 10.1. The van der Waals surface area contributed by atoms with Crippen LogP contribution in [0.4, 0.5) is 34.6 Å². The molecule has 4 N–H and O–H groups in total. The minimum absolute atomic E-state index is 0. The van der Waals surface area contributed by atoms with Crippen molar-refractivity contribution in [3.8, 4) is 22.5 Å². The number of halogens is 3. The zero-order chi connectivity index (χ0) is 71.5. The molecule has 22 nitrogen and oxygen atoms in total. The SMILES string of the molecule is CC(C)(C)C(=O)OCI.Cc1ccc(NC(=O)c2ccc(CN3CCN(C)CC3)cc2)cc1Nc1nccc(-c2cccnc2)n1.Cc1ccc(NC(=O)c2ccc(CN3CC[N+](C)(COC(=O)C(C)(C)C)CC3)cc2)cc1Nc1nccc(-c2ccc[n+](COC(=O)C(C)(C)C)c2)n1.[I-].[I-]. The summed E-state index contributed by atoms with van der Waals surface area (Å²) in [4.78, 5) is 90.9. The molecule has 538 valence electrons. The molecule has 0 unspecified atom stereocenters.